The van der Waals surface area contributed by atoms with Crippen LogP contribution in [0.2, 0.25) is 0 Å². The van der Waals surface area contributed by atoms with Crippen LogP contribution >= 0.6 is 0 Å². The van der Waals surface area contributed by atoms with Crippen LogP contribution in [0.15, 0.2) is 11.8 Å². The number of carbonyl (C=O) groups excluding carboxylic acids is 1. The molecule has 1 amide bonds. The van der Waals surface area contributed by atoms with Crippen LogP contribution in [-0.4, -0.2) is 17.0 Å². The number of amides is 1. The number of aliphatic carboxylic acids is 1. The van der Waals surface area contributed by atoms with E-state index in [-0.39, 0.29) is 11.6 Å². The van der Waals surface area contributed by atoms with Crippen molar-refractivity contribution in [1.82, 2.24) is 5.32 Å². The van der Waals surface area contributed by atoms with Crippen molar-refractivity contribution in [1.29, 1.82) is 0 Å². The standard InChI is InChI=1S/C13H23NO3/c1-3-5-6-7-8-9-10-12(15)14-11(4-2)13(16)17/h4H,3,5-10H2,1-2H3,(H,14,15)(H,16,17)/b11-4-. The minimum atomic E-state index is -1.09. The second kappa shape index (κ2) is 9.87. The highest BCUT2D eigenvalue weighted by Gasteiger charge is 2.09. The molecule has 4 nitrogen and oxygen atoms in total. The molecule has 2 N–H and O–H groups in total. The van der Waals surface area contributed by atoms with Gasteiger partial charge in [0.2, 0.25) is 5.91 Å². The van der Waals surface area contributed by atoms with Gasteiger partial charge in [-0.15, -0.1) is 0 Å². The van der Waals surface area contributed by atoms with E-state index in [1.165, 1.54) is 25.3 Å². The first-order valence-electron chi connectivity index (χ1n) is 6.31. The molecule has 0 fully saturated rings. The zero-order chi connectivity index (χ0) is 13.1. The molecule has 0 aliphatic rings. The number of hydrogen-bond acceptors (Lipinski definition) is 2. The molecule has 0 aromatic rings. The summed E-state index contributed by atoms with van der Waals surface area (Å²) in [5.74, 6) is -1.31. The Morgan fingerprint density at radius 3 is 2.24 bits per heavy atom. The fraction of sp³-hybridized carbons (Fsp3) is 0.692. The van der Waals surface area contributed by atoms with Crippen molar-refractivity contribution in [3.8, 4) is 0 Å². The SMILES string of the molecule is C/C=C(\NC(=O)CCCCCCCC)C(=O)O. The van der Waals surface area contributed by atoms with Crippen molar-refractivity contribution in [2.45, 2.75) is 58.8 Å². The molecule has 0 aliphatic carbocycles. The second-order valence-electron chi connectivity index (χ2n) is 4.07. The third-order valence-electron chi connectivity index (χ3n) is 2.55. The van der Waals surface area contributed by atoms with Crippen LogP contribution in [0.1, 0.15) is 58.8 Å². The number of carboxylic acid groups (broad SMARTS) is 1. The number of carboxylic acids is 1. The Morgan fingerprint density at radius 1 is 1.12 bits per heavy atom. The Bertz CT molecular complexity index is 272. The normalized spacial score (nSPS) is 11.3. The maximum absolute atomic E-state index is 11.4. The number of hydrogen-bond donors (Lipinski definition) is 2. The number of rotatable bonds is 9. The molecule has 0 unspecified atom stereocenters. The lowest BCUT2D eigenvalue weighted by atomic mass is 10.1. The summed E-state index contributed by atoms with van der Waals surface area (Å²) in [5.41, 5.74) is -0.0408. The number of unbranched alkanes of at least 4 members (excludes halogenated alkanes) is 5. The molecule has 0 heterocycles. The molecule has 0 aliphatic heterocycles. The first-order valence-corrected chi connectivity index (χ1v) is 6.31. The van der Waals surface area contributed by atoms with Crippen molar-refractivity contribution in [3.63, 3.8) is 0 Å². The zero-order valence-corrected chi connectivity index (χ0v) is 10.8. The fourth-order valence-electron chi connectivity index (χ4n) is 1.53. The van der Waals surface area contributed by atoms with Crippen molar-refractivity contribution >= 4 is 11.9 Å². The Labute approximate surface area is 103 Å². The summed E-state index contributed by atoms with van der Waals surface area (Å²) >= 11 is 0. The molecule has 17 heavy (non-hydrogen) atoms. The van der Waals surface area contributed by atoms with Crippen LogP contribution < -0.4 is 5.32 Å². The lowest BCUT2D eigenvalue weighted by Crippen LogP contribution is -2.26. The summed E-state index contributed by atoms with van der Waals surface area (Å²) < 4.78 is 0. The monoisotopic (exact) mass is 241 g/mol. The lowest BCUT2D eigenvalue weighted by Gasteiger charge is -2.05. The van der Waals surface area contributed by atoms with Crippen molar-refractivity contribution in [3.05, 3.63) is 11.8 Å². The predicted molar refractivity (Wildman–Crippen MR) is 67.5 cm³/mol. The second-order valence-corrected chi connectivity index (χ2v) is 4.07. The van der Waals surface area contributed by atoms with Gasteiger partial charge in [0, 0.05) is 6.42 Å². The molecule has 0 atom stereocenters. The minimum absolute atomic E-state index is 0.0408. The van der Waals surface area contributed by atoms with Crippen LogP contribution in [0, 0.1) is 0 Å². The van der Waals surface area contributed by atoms with Gasteiger partial charge in [0.25, 0.3) is 0 Å². The first-order chi connectivity index (χ1) is 8.11. The highest BCUT2D eigenvalue weighted by molar-refractivity contribution is 5.92. The van der Waals surface area contributed by atoms with Crippen LogP contribution in [0.4, 0.5) is 0 Å². The van der Waals surface area contributed by atoms with E-state index in [2.05, 4.69) is 12.2 Å². The van der Waals surface area contributed by atoms with Gasteiger partial charge >= 0.3 is 5.97 Å². The molecule has 0 spiro atoms. The summed E-state index contributed by atoms with van der Waals surface area (Å²) in [4.78, 5) is 22.0. The lowest BCUT2D eigenvalue weighted by molar-refractivity contribution is -0.134. The molecule has 98 valence electrons. The highest BCUT2D eigenvalue weighted by Crippen LogP contribution is 2.07. The van der Waals surface area contributed by atoms with Crippen LogP contribution in [0.25, 0.3) is 0 Å². The van der Waals surface area contributed by atoms with Crippen LogP contribution in [0.5, 0.6) is 0 Å². The summed E-state index contributed by atoms with van der Waals surface area (Å²) in [6.07, 6.45) is 8.47. The molecular formula is C13H23NO3. The van der Waals surface area contributed by atoms with Gasteiger partial charge in [-0.1, -0.05) is 45.1 Å². The minimum Gasteiger partial charge on any atom is -0.477 e. The van der Waals surface area contributed by atoms with Crippen LogP contribution in [-0.2, 0) is 9.59 Å². The number of allylic oxidation sites excluding steroid dienone is 1. The fourth-order valence-corrected chi connectivity index (χ4v) is 1.53. The molecule has 4 heteroatoms. The van der Waals surface area contributed by atoms with E-state index in [9.17, 15) is 9.59 Å². The molecule has 0 radical (unpaired) electrons. The largest absolute Gasteiger partial charge is 0.477 e. The zero-order valence-electron chi connectivity index (χ0n) is 10.8. The Balaban J connectivity index is 3.63. The van der Waals surface area contributed by atoms with E-state index in [0.29, 0.717) is 6.42 Å². The third-order valence-corrected chi connectivity index (χ3v) is 2.55. The smallest absolute Gasteiger partial charge is 0.352 e. The topological polar surface area (TPSA) is 66.4 Å². The van der Waals surface area contributed by atoms with Gasteiger partial charge in [-0.2, -0.15) is 0 Å². The van der Waals surface area contributed by atoms with Gasteiger partial charge in [0.1, 0.15) is 5.70 Å². The molecule has 0 aromatic carbocycles. The Morgan fingerprint density at radius 2 is 1.71 bits per heavy atom. The summed E-state index contributed by atoms with van der Waals surface area (Å²) in [5, 5.41) is 11.1. The van der Waals surface area contributed by atoms with Gasteiger partial charge in [0.15, 0.2) is 0 Å². The summed E-state index contributed by atoms with van der Waals surface area (Å²) in [6, 6.07) is 0. The summed E-state index contributed by atoms with van der Waals surface area (Å²) in [6.45, 7) is 3.76. The van der Waals surface area contributed by atoms with Gasteiger partial charge in [0.05, 0.1) is 0 Å². The molecule has 0 rings (SSSR count). The maximum Gasteiger partial charge on any atom is 0.352 e. The van der Waals surface area contributed by atoms with E-state index in [1.807, 2.05) is 0 Å². The van der Waals surface area contributed by atoms with Crippen molar-refractivity contribution < 1.29 is 14.7 Å². The summed E-state index contributed by atoms with van der Waals surface area (Å²) in [7, 11) is 0. The van der Waals surface area contributed by atoms with E-state index in [0.717, 1.165) is 19.3 Å². The number of carbonyl (C=O) groups is 2. The quantitative estimate of drug-likeness (QED) is 0.482. The number of nitrogens with one attached hydrogen (secondary N) is 1. The average Bonchev–Trinajstić information content (AvgIpc) is 2.30. The van der Waals surface area contributed by atoms with Crippen molar-refractivity contribution in [2.24, 2.45) is 0 Å². The van der Waals surface area contributed by atoms with Gasteiger partial charge < -0.3 is 10.4 Å². The van der Waals surface area contributed by atoms with E-state index in [4.69, 9.17) is 5.11 Å². The van der Waals surface area contributed by atoms with E-state index < -0.39 is 5.97 Å². The van der Waals surface area contributed by atoms with Gasteiger partial charge in [-0.25, -0.2) is 4.79 Å². The maximum atomic E-state index is 11.4. The third kappa shape index (κ3) is 8.48. The van der Waals surface area contributed by atoms with E-state index >= 15 is 0 Å². The molecule has 0 saturated carbocycles. The first kappa shape index (κ1) is 15.7. The average molecular weight is 241 g/mol. The molecule has 0 aromatic heterocycles. The molecule has 0 saturated heterocycles. The Hall–Kier alpha value is -1.32. The Kier molecular flexibility index (Phi) is 9.11. The highest BCUT2D eigenvalue weighted by atomic mass is 16.4. The molecule has 0 bridgehead atoms. The predicted octanol–water partition coefficient (Wildman–Crippen LogP) is 2.84. The van der Waals surface area contributed by atoms with Crippen molar-refractivity contribution in [2.75, 3.05) is 0 Å². The molecular weight excluding hydrogens is 218 g/mol. The van der Waals surface area contributed by atoms with Crippen LogP contribution in [0.3, 0.4) is 0 Å². The van der Waals surface area contributed by atoms with Gasteiger partial charge in [-0.3, -0.25) is 4.79 Å². The van der Waals surface area contributed by atoms with E-state index in [1.54, 1.807) is 6.92 Å². The van der Waals surface area contributed by atoms with Gasteiger partial charge in [-0.05, 0) is 13.3 Å².